The van der Waals surface area contributed by atoms with Crippen molar-refractivity contribution in [2.75, 3.05) is 23.7 Å². The fraction of sp³-hybridized carbons (Fsp3) is 0.617. The second-order valence-electron chi connectivity index (χ2n) is 16.6. The van der Waals surface area contributed by atoms with Gasteiger partial charge in [0.25, 0.3) is 0 Å². The Morgan fingerprint density at radius 1 is 0.684 bits per heavy atom. The standard InChI is InChI=1S/C23H36N2.C19H27NO.C4H11N.CH4.4ClH.Ti/c1-8-9-13-24-21-17(6)14-18(7)22(21)25-23-19(15(2)3)11-10-12-20(23)16(4)5;1-11(2)15-8-7-9-16(12(3)4)18(15)20-17-13(5)10-14(6)19(17)21;1-2-3-4-5;;;;;;/h10-12,15-17,25H,8-9,13-14H2,1-7H3;7-9,11-12,14,20H,10H2,1-6H3;2-5H2,1H3;1H4;4*1H;/q;;;;;;;;+4/p-4. The first-order chi connectivity index (χ1) is 26.1. The third-order valence-electron chi connectivity index (χ3n) is 10.1. The van der Waals surface area contributed by atoms with E-state index in [0.29, 0.717) is 29.6 Å². The summed E-state index contributed by atoms with van der Waals surface area (Å²) in [4.78, 5) is 17.3. The van der Waals surface area contributed by atoms with Crippen LogP contribution in [0.1, 0.15) is 189 Å². The Kier molecular flexibility index (Phi) is 26.9. The topological polar surface area (TPSA) is 79.5 Å². The third kappa shape index (κ3) is 18.9. The molecule has 0 aromatic heterocycles. The summed E-state index contributed by atoms with van der Waals surface area (Å²) < 4.78 is 0. The molecule has 0 saturated carbocycles. The molecule has 2 aliphatic carbocycles. The van der Waals surface area contributed by atoms with Gasteiger partial charge in [-0.05, 0) is 103 Å². The number of nitrogens with two attached hydrogens (primary N) is 1. The molecule has 57 heavy (non-hydrogen) atoms. The van der Waals surface area contributed by atoms with E-state index in [9.17, 15) is 4.79 Å². The molecule has 0 aliphatic heterocycles. The van der Waals surface area contributed by atoms with Gasteiger partial charge in [0, 0.05) is 29.8 Å². The number of hydrogen-bond acceptors (Lipinski definition) is 5. The molecule has 4 rings (SSSR count). The van der Waals surface area contributed by atoms with E-state index in [1.807, 2.05) is 6.92 Å². The van der Waals surface area contributed by atoms with Crippen LogP contribution in [0.2, 0.25) is 0 Å². The fourth-order valence-corrected chi connectivity index (χ4v) is 7.01. The number of halogens is 4. The Balaban J connectivity index is 0.000000883. The fourth-order valence-electron chi connectivity index (χ4n) is 7.01. The number of rotatable bonds is 13. The summed E-state index contributed by atoms with van der Waals surface area (Å²) in [6, 6.07) is 13.2. The van der Waals surface area contributed by atoms with Crippen LogP contribution in [0.4, 0.5) is 11.4 Å². The van der Waals surface area contributed by atoms with Gasteiger partial charge in [0.15, 0.2) is 5.78 Å². The first kappa shape index (κ1) is 55.7. The van der Waals surface area contributed by atoms with Crippen molar-refractivity contribution in [2.24, 2.45) is 22.6 Å². The molecule has 2 atom stereocenters. The Morgan fingerprint density at radius 3 is 1.33 bits per heavy atom. The molecule has 0 heterocycles. The number of ketones is 1. The van der Waals surface area contributed by atoms with Crippen LogP contribution in [-0.4, -0.2) is 24.6 Å². The summed E-state index contributed by atoms with van der Waals surface area (Å²) in [6.45, 7) is 32.7. The van der Waals surface area contributed by atoms with Gasteiger partial charge in [0.05, 0.1) is 17.1 Å². The van der Waals surface area contributed by atoms with Crippen molar-refractivity contribution in [3.05, 3.63) is 81.2 Å². The summed E-state index contributed by atoms with van der Waals surface area (Å²) in [7, 11) is 20.1. The van der Waals surface area contributed by atoms with E-state index >= 15 is 0 Å². The first-order valence-electron chi connectivity index (χ1n) is 20.8. The SMILES string of the molecule is C.CC1=C(Nc2c(C(C)C)cccc2C(C)C)C(=O)C(C)C1.CCCCN.CCCCN=C1C(Nc2c(C(C)C)cccc2C(C)C)=C(C)CC1C.[Cl][Ti]([Cl])([Cl])[Cl]. The number of nitrogens with one attached hydrogen (secondary N) is 2. The Hall–Kier alpha value is -1.31. The van der Waals surface area contributed by atoms with Crippen molar-refractivity contribution >= 4 is 60.1 Å². The molecule has 2 aromatic carbocycles. The Labute approximate surface area is 368 Å². The maximum atomic E-state index is 12.4. The van der Waals surface area contributed by atoms with Crippen molar-refractivity contribution in [2.45, 2.75) is 167 Å². The van der Waals surface area contributed by atoms with Gasteiger partial charge >= 0.3 is 49.6 Å². The van der Waals surface area contributed by atoms with Gasteiger partial charge in [-0.25, -0.2) is 0 Å². The average molecular weight is 905 g/mol. The van der Waals surface area contributed by atoms with E-state index < -0.39 is 12.3 Å². The zero-order valence-corrected chi connectivity index (χ0v) is 41.6. The quantitative estimate of drug-likeness (QED) is 0.138. The molecular formula is C47H78Cl4N4OTi. The number of hydrogen-bond donors (Lipinski definition) is 3. The molecule has 0 spiro atoms. The van der Waals surface area contributed by atoms with Crippen LogP contribution in [-0.2, 0) is 17.1 Å². The van der Waals surface area contributed by atoms with Crippen LogP contribution in [0, 0.1) is 11.8 Å². The van der Waals surface area contributed by atoms with E-state index in [4.69, 9.17) is 47.9 Å². The minimum absolute atomic E-state index is 0. The molecule has 10 heteroatoms. The van der Waals surface area contributed by atoms with Crippen molar-refractivity contribution in [3.8, 4) is 0 Å². The van der Waals surface area contributed by atoms with Gasteiger partial charge in [-0.1, -0.05) is 140 Å². The summed E-state index contributed by atoms with van der Waals surface area (Å²) in [5, 5.41) is 7.35. The van der Waals surface area contributed by atoms with Crippen LogP contribution < -0.4 is 16.4 Å². The van der Waals surface area contributed by atoms with E-state index in [1.165, 1.54) is 76.2 Å². The molecule has 0 saturated heterocycles. The summed E-state index contributed by atoms with van der Waals surface area (Å²) >= 11 is -3.11. The molecule has 324 valence electrons. The number of carbonyl (C=O) groups is 1. The molecule has 4 N–H and O–H groups in total. The molecule has 0 bridgehead atoms. The number of anilines is 2. The Morgan fingerprint density at radius 2 is 1.04 bits per heavy atom. The van der Waals surface area contributed by atoms with Gasteiger partial charge in [-0.15, -0.1) is 0 Å². The zero-order valence-electron chi connectivity index (χ0n) is 37.0. The maximum absolute atomic E-state index is 12.4. The molecule has 0 fully saturated rings. The minimum atomic E-state index is -3.11. The molecule has 2 aromatic rings. The van der Waals surface area contributed by atoms with E-state index in [-0.39, 0.29) is 19.1 Å². The zero-order chi connectivity index (χ0) is 42.9. The van der Waals surface area contributed by atoms with E-state index in [1.54, 1.807) is 0 Å². The van der Waals surface area contributed by atoms with Crippen LogP contribution in [0.15, 0.2) is 63.9 Å². The number of carbonyl (C=O) groups excluding carboxylic acids is 1. The first-order valence-corrected chi connectivity index (χ1v) is 29.4. The number of nitrogens with zero attached hydrogens (tertiary/aromatic N) is 1. The summed E-state index contributed by atoms with van der Waals surface area (Å²) in [5.41, 5.74) is 19.0. The van der Waals surface area contributed by atoms with Gasteiger partial charge < -0.3 is 16.4 Å². The molecule has 2 unspecified atom stereocenters. The number of unbranched alkanes of at least 4 members (excludes halogenated alkanes) is 2. The van der Waals surface area contributed by atoms with Crippen molar-refractivity contribution < 1.29 is 17.1 Å². The number of aliphatic imine (C=N–C) groups is 1. The van der Waals surface area contributed by atoms with Crippen LogP contribution in [0.3, 0.4) is 0 Å². The number of Topliss-reactive ketones (excluding diaryl/α,β-unsaturated/α-hetero) is 1. The predicted octanol–water partition coefficient (Wildman–Crippen LogP) is 16.3. The molecule has 0 amide bonds. The molecular weight excluding hydrogens is 826 g/mol. The number of para-hydroxylation sites is 2. The second-order valence-corrected chi connectivity index (χ2v) is 32.0. The van der Waals surface area contributed by atoms with Gasteiger partial charge in [-0.2, -0.15) is 0 Å². The van der Waals surface area contributed by atoms with E-state index in [2.05, 4.69) is 137 Å². The van der Waals surface area contributed by atoms with E-state index in [0.717, 1.165) is 37.3 Å². The molecule has 0 radical (unpaired) electrons. The van der Waals surface area contributed by atoms with Crippen LogP contribution in [0.5, 0.6) is 0 Å². The van der Waals surface area contributed by atoms with Crippen molar-refractivity contribution in [1.82, 2.24) is 0 Å². The van der Waals surface area contributed by atoms with Crippen LogP contribution in [0.25, 0.3) is 0 Å². The molecule has 5 nitrogen and oxygen atoms in total. The monoisotopic (exact) mass is 902 g/mol. The van der Waals surface area contributed by atoms with Gasteiger partial charge in [0.2, 0.25) is 0 Å². The van der Waals surface area contributed by atoms with Gasteiger partial charge in [0.1, 0.15) is 0 Å². The number of allylic oxidation sites excluding steroid dienone is 4. The van der Waals surface area contributed by atoms with Crippen molar-refractivity contribution in [3.63, 3.8) is 0 Å². The number of benzene rings is 2. The molecule has 2 aliphatic rings. The Bertz CT molecular complexity index is 1560. The third-order valence-corrected chi connectivity index (χ3v) is 10.1. The van der Waals surface area contributed by atoms with Crippen LogP contribution >= 0.6 is 37.2 Å². The average Bonchev–Trinajstić information content (AvgIpc) is 3.50. The predicted molar refractivity (Wildman–Crippen MR) is 256 cm³/mol. The second kappa shape index (κ2) is 27.5. The van der Waals surface area contributed by atoms with Gasteiger partial charge in [-0.3, -0.25) is 9.79 Å². The summed E-state index contributed by atoms with van der Waals surface area (Å²) in [5.74, 6) is 2.75. The summed E-state index contributed by atoms with van der Waals surface area (Å²) in [6.07, 6.45) is 6.75. The normalized spacial score (nSPS) is 17.4. The van der Waals surface area contributed by atoms with Crippen molar-refractivity contribution in [1.29, 1.82) is 0 Å².